The number of hydrazine groups is 1. The molecular weight excluding hydrogens is 320 g/mol. The highest BCUT2D eigenvalue weighted by molar-refractivity contribution is 5.32. The first kappa shape index (κ1) is 16.6. The Labute approximate surface area is 146 Å². The van der Waals surface area contributed by atoms with Crippen molar-refractivity contribution in [3.63, 3.8) is 0 Å². The van der Waals surface area contributed by atoms with Gasteiger partial charge in [0.05, 0.1) is 6.04 Å². The number of hydrogen-bond donors (Lipinski definition) is 3. The van der Waals surface area contributed by atoms with E-state index >= 15 is 0 Å². The quantitative estimate of drug-likeness (QED) is 0.796. The van der Waals surface area contributed by atoms with E-state index in [4.69, 9.17) is 0 Å². The zero-order valence-corrected chi connectivity index (χ0v) is 14.1. The van der Waals surface area contributed by atoms with Crippen LogP contribution in [0.3, 0.4) is 0 Å². The zero-order valence-electron chi connectivity index (χ0n) is 14.1. The van der Waals surface area contributed by atoms with Crippen LogP contribution >= 0.6 is 0 Å². The van der Waals surface area contributed by atoms with Crippen molar-refractivity contribution < 1.29 is 8.78 Å². The van der Waals surface area contributed by atoms with E-state index in [-0.39, 0.29) is 12.0 Å². The minimum atomic E-state index is -0.541. The van der Waals surface area contributed by atoms with Gasteiger partial charge in [0, 0.05) is 36.7 Å². The van der Waals surface area contributed by atoms with Gasteiger partial charge in [-0.05, 0) is 36.5 Å². The molecule has 3 unspecified atom stereocenters. The van der Waals surface area contributed by atoms with Crippen LogP contribution < -0.4 is 16.2 Å². The molecule has 0 amide bonds. The SMILES string of the molecule is Fc1ccc(C2NNCC2CNC2CCCc3ccccc32)c(F)c1. The van der Waals surface area contributed by atoms with Gasteiger partial charge in [-0.15, -0.1) is 0 Å². The lowest BCUT2D eigenvalue weighted by atomic mass is 9.87. The van der Waals surface area contributed by atoms with Crippen molar-refractivity contribution in [3.8, 4) is 0 Å². The van der Waals surface area contributed by atoms with Crippen molar-refractivity contribution in [3.05, 3.63) is 70.8 Å². The number of benzene rings is 2. The van der Waals surface area contributed by atoms with Crippen LogP contribution in [0.1, 0.15) is 41.6 Å². The van der Waals surface area contributed by atoms with Crippen molar-refractivity contribution >= 4 is 0 Å². The van der Waals surface area contributed by atoms with Crippen LogP contribution in [0.5, 0.6) is 0 Å². The van der Waals surface area contributed by atoms with Crippen LogP contribution in [0.4, 0.5) is 8.78 Å². The van der Waals surface area contributed by atoms with Gasteiger partial charge in [0.25, 0.3) is 0 Å². The van der Waals surface area contributed by atoms with Crippen LogP contribution in [0.2, 0.25) is 0 Å². The van der Waals surface area contributed by atoms with Crippen LogP contribution in [-0.4, -0.2) is 13.1 Å². The number of hydrogen-bond acceptors (Lipinski definition) is 3. The van der Waals surface area contributed by atoms with Gasteiger partial charge in [-0.25, -0.2) is 14.2 Å². The maximum atomic E-state index is 14.1. The van der Waals surface area contributed by atoms with Gasteiger partial charge < -0.3 is 5.32 Å². The van der Waals surface area contributed by atoms with Gasteiger partial charge in [0.15, 0.2) is 0 Å². The van der Waals surface area contributed by atoms with E-state index in [9.17, 15) is 8.78 Å². The fraction of sp³-hybridized carbons (Fsp3) is 0.400. The Hall–Kier alpha value is -1.82. The minimum absolute atomic E-state index is 0.160. The Morgan fingerprint density at radius 2 is 1.96 bits per heavy atom. The molecule has 1 aliphatic carbocycles. The number of fused-ring (bicyclic) bond motifs is 1. The van der Waals surface area contributed by atoms with E-state index in [0.717, 1.165) is 32.0 Å². The molecule has 0 spiro atoms. The van der Waals surface area contributed by atoms with Crippen LogP contribution in [0.15, 0.2) is 42.5 Å². The lowest BCUT2D eigenvalue weighted by Crippen LogP contribution is -2.33. The second kappa shape index (κ2) is 7.20. The van der Waals surface area contributed by atoms with Crippen molar-refractivity contribution in [2.24, 2.45) is 5.92 Å². The second-order valence-corrected chi connectivity index (χ2v) is 6.98. The number of rotatable bonds is 4. The molecule has 2 aliphatic rings. The van der Waals surface area contributed by atoms with Gasteiger partial charge in [-0.1, -0.05) is 30.3 Å². The third kappa shape index (κ3) is 3.45. The number of aryl methyl sites for hydroxylation is 1. The molecule has 4 rings (SSSR count). The van der Waals surface area contributed by atoms with Crippen molar-refractivity contribution in [2.45, 2.75) is 31.3 Å². The maximum Gasteiger partial charge on any atom is 0.130 e. The molecule has 3 N–H and O–H groups in total. The lowest BCUT2D eigenvalue weighted by Gasteiger charge is -2.28. The van der Waals surface area contributed by atoms with Gasteiger partial charge in [-0.2, -0.15) is 0 Å². The molecule has 3 atom stereocenters. The molecule has 5 heteroatoms. The molecule has 2 aromatic rings. The topological polar surface area (TPSA) is 36.1 Å². The van der Waals surface area contributed by atoms with Crippen molar-refractivity contribution in [1.82, 2.24) is 16.2 Å². The van der Waals surface area contributed by atoms with Gasteiger partial charge in [0.2, 0.25) is 0 Å². The summed E-state index contributed by atoms with van der Waals surface area (Å²) in [6.45, 7) is 1.53. The fourth-order valence-corrected chi connectivity index (χ4v) is 4.07. The average molecular weight is 343 g/mol. The summed E-state index contributed by atoms with van der Waals surface area (Å²) in [5.74, 6) is -0.830. The molecule has 0 aromatic heterocycles. The van der Waals surface area contributed by atoms with E-state index in [1.807, 2.05) is 0 Å². The molecule has 3 nitrogen and oxygen atoms in total. The summed E-state index contributed by atoms with van der Waals surface area (Å²) in [4.78, 5) is 0. The molecule has 0 bridgehead atoms. The van der Waals surface area contributed by atoms with Crippen molar-refractivity contribution in [2.75, 3.05) is 13.1 Å². The molecule has 25 heavy (non-hydrogen) atoms. The monoisotopic (exact) mass is 343 g/mol. The van der Waals surface area contributed by atoms with Crippen LogP contribution in [0, 0.1) is 17.6 Å². The smallest absolute Gasteiger partial charge is 0.130 e. The van der Waals surface area contributed by atoms with Gasteiger partial charge in [-0.3, -0.25) is 5.43 Å². The normalized spacial score (nSPS) is 25.8. The van der Waals surface area contributed by atoms with E-state index in [1.165, 1.54) is 29.7 Å². The molecule has 1 saturated heterocycles. The second-order valence-electron chi connectivity index (χ2n) is 6.98. The Balaban J connectivity index is 1.46. The first-order valence-electron chi connectivity index (χ1n) is 8.97. The predicted octanol–water partition coefficient (Wildman–Crippen LogP) is 3.40. The standard InChI is InChI=1S/C20H23F2N3/c21-15-8-9-17(18(22)10-15)20-14(12-24-25-20)11-23-19-7-3-5-13-4-1-2-6-16(13)19/h1-2,4,6,8-10,14,19-20,23-25H,3,5,7,11-12H2. The Kier molecular flexibility index (Phi) is 4.79. The number of nitrogens with one attached hydrogen (secondary N) is 3. The van der Waals surface area contributed by atoms with Crippen molar-refractivity contribution in [1.29, 1.82) is 0 Å². The molecule has 1 fully saturated rings. The Bertz CT molecular complexity index is 749. The van der Waals surface area contributed by atoms with E-state index in [1.54, 1.807) is 0 Å². The molecule has 132 valence electrons. The largest absolute Gasteiger partial charge is 0.310 e. The Morgan fingerprint density at radius 3 is 2.84 bits per heavy atom. The first-order chi connectivity index (χ1) is 12.2. The van der Waals surface area contributed by atoms with E-state index < -0.39 is 11.6 Å². The first-order valence-corrected chi connectivity index (χ1v) is 8.97. The van der Waals surface area contributed by atoms with Crippen LogP contribution in [0.25, 0.3) is 0 Å². The summed E-state index contributed by atoms with van der Waals surface area (Å²) in [5.41, 5.74) is 9.59. The molecule has 1 heterocycles. The molecule has 2 aromatic carbocycles. The summed E-state index contributed by atoms with van der Waals surface area (Å²) in [5, 5.41) is 3.67. The number of halogens is 2. The summed E-state index contributed by atoms with van der Waals surface area (Å²) in [6, 6.07) is 12.6. The predicted molar refractivity (Wildman–Crippen MR) is 93.9 cm³/mol. The van der Waals surface area contributed by atoms with Crippen LogP contribution in [-0.2, 0) is 6.42 Å². The highest BCUT2D eigenvalue weighted by Crippen LogP contribution is 2.31. The molecule has 0 radical (unpaired) electrons. The van der Waals surface area contributed by atoms with E-state index in [0.29, 0.717) is 11.6 Å². The zero-order chi connectivity index (χ0) is 17.2. The highest BCUT2D eigenvalue weighted by Gasteiger charge is 2.31. The Morgan fingerprint density at radius 1 is 1.08 bits per heavy atom. The maximum absolute atomic E-state index is 14.1. The summed E-state index contributed by atoms with van der Waals surface area (Å²) in [7, 11) is 0. The summed E-state index contributed by atoms with van der Waals surface area (Å²) < 4.78 is 27.3. The lowest BCUT2D eigenvalue weighted by molar-refractivity contribution is 0.379. The third-order valence-electron chi connectivity index (χ3n) is 5.39. The fourth-order valence-electron chi connectivity index (χ4n) is 4.07. The third-order valence-corrected chi connectivity index (χ3v) is 5.39. The average Bonchev–Trinajstić information content (AvgIpc) is 3.08. The van der Waals surface area contributed by atoms with Gasteiger partial charge >= 0.3 is 0 Å². The highest BCUT2D eigenvalue weighted by atomic mass is 19.1. The molecule has 0 saturated carbocycles. The molecular formula is C20H23F2N3. The molecule has 1 aliphatic heterocycles. The summed E-state index contributed by atoms with van der Waals surface area (Å²) >= 11 is 0. The minimum Gasteiger partial charge on any atom is -0.310 e. The summed E-state index contributed by atoms with van der Waals surface area (Å²) in [6.07, 6.45) is 3.45. The van der Waals surface area contributed by atoms with E-state index in [2.05, 4.69) is 40.4 Å². The van der Waals surface area contributed by atoms with Gasteiger partial charge in [0.1, 0.15) is 11.6 Å².